The Morgan fingerprint density at radius 2 is 1.52 bits per heavy atom. The van der Waals surface area contributed by atoms with Crippen LogP contribution in [0, 0.1) is 0 Å². The lowest BCUT2D eigenvalue weighted by Gasteiger charge is -2.36. The lowest BCUT2D eigenvalue weighted by molar-refractivity contribution is 0.492. The van der Waals surface area contributed by atoms with Gasteiger partial charge in [-0.2, -0.15) is 0 Å². The van der Waals surface area contributed by atoms with Gasteiger partial charge in [0.1, 0.15) is 5.75 Å². The molecule has 0 aliphatic carbocycles. The molecule has 0 heterocycles. The van der Waals surface area contributed by atoms with E-state index in [4.69, 9.17) is 4.43 Å². The molecule has 0 aromatic heterocycles. The zero-order valence-electron chi connectivity index (χ0n) is 14.6. The van der Waals surface area contributed by atoms with E-state index in [-0.39, 0.29) is 5.04 Å². The molecule has 0 aliphatic heterocycles. The van der Waals surface area contributed by atoms with Crippen molar-refractivity contribution in [2.75, 3.05) is 0 Å². The zero-order valence-corrected chi connectivity index (χ0v) is 17.1. The molecule has 0 saturated carbocycles. The van der Waals surface area contributed by atoms with Gasteiger partial charge in [0, 0.05) is 4.47 Å². The highest BCUT2D eigenvalue weighted by atomic mass is 79.9. The average molecular weight is 389 g/mol. The van der Waals surface area contributed by atoms with E-state index in [0.29, 0.717) is 0 Å². The molecule has 0 amide bonds. The SMILES string of the molecule is CC(C)(C)[Si](C)(C)Oc1ccc(C=Cc2cccc(Br)c2)cc1. The van der Waals surface area contributed by atoms with Crippen molar-refractivity contribution in [3.05, 3.63) is 64.1 Å². The highest BCUT2D eigenvalue weighted by Crippen LogP contribution is 2.37. The lowest BCUT2D eigenvalue weighted by atomic mass is 10.1. The van der Waals surface area contributed by atoms with Crippen molar-refractivity contribution < 1.29 is 4.43 Å². The third-order valence-electron chi connectivity index (χ3n) is 4.38. The summed E-state index contributed by atoms with van der Waals surface area (Å²) in [6.45, 7) is 11.3. The van der Waals surface area contributed by atoms with Crippen LogP contribution in [0.25, 0.3) is 12.2 Å². The molecule has 2 aromatic carbocycles. The van der Waals surface area contributed by atoms with Gasteiger partial charge in [0.2, 0.25) is 8.32 Å². The lowest BCUT2D eigenvalue weighted by Crippen LogP contribution is -2.43. The maximum Gasteiger partial charge on any atom is 0.250 e. The number of hydrogen-bond acceptors (Lipinski definition) is 1. The van der Waals surface area contributed by atoms with E-state index in [1.807, 2.05) is 12.1 Å². The standard InChI is InChI=1S/C20H25BrOSi/c1-20(2,3)23(4,5)22-19-13-11-16(12-14-19)9-10-17-7-6-8-18(21)15-17/h6-15H,1-5H3. The van der Waals surface area contributed by atoms with E-state index < -0.39 is 8.32 Å². The van der Waals surface area contributed by atoms with Crippen molar-refractivity contribution in [3.8, 4) is 5.75 Å². The van der Waals surface area contributed by atoms with Gasteiger partial charge in [0.05, 0.1) is 0 Å². The minimum atomic E-state index is -1.76. The van der Waals surface area contributed by atoms with Gasteiger partial charge in [0.15, 0.2) is 0 Å². The Morgan fingerprint density at radius 1 is 0.913 bits per heavy atom. The monoisotopic (exact) mass is 388 g/mol. The predicted octanol–water partition coefficient (Wildman–Crippen LogP) is 7.00. The fraction of sp³-hybridized carbons (Fsp3) is 0.300. The van der Waals surface area contributed by atoms with Crippen molar-refractivity contribution in [1.29, 1.82) is 0 Å². The van der Waals surface area contributed by atoms with Crippen LogP contribution in [0.4, 0.5) is 0 Å². The Labute approximate surface area is 149 Å². The molecule has 0 bridgehead atoms. The molecule has 122 valence electrons. The normalized spacial score (nSPS) is 12.6. The summed E-state index contributed by atoms with van der Waals surface area (Å²) < 4.78 is 7.40. The van der Waals surface area contributed by atoms with Crippen LogP contribution in [0.1, 0.15) is 31.9 Å². The second-order valence-electron chi connectivity index (χ2n) is 7.32. The summed E-state index contributed by atoms with van der Waals surface area (Å²) in [4.78, 5) is 0. The van der Waals surface area contributed by atoms with Crippen LogP contribution >= 0.6 is 15.9 Å². The van der Waals surface area contributed by atoms with Crippen molar-refractivity contribution in [1.82, 2.24) is 0 Å². The number of hydrogen-bond donors (Lipinski definition) is 0. The van der Waals surface area contributed by atoms with E-state index >= 15 is 0 Å². The molecule has 23 heavy (non-hydrogen) atoms. The van der Waals surface area contributed by atoms with E-state index in [0.717, 1.165) is 10.2 Å². The van der Waals surface area contributed by atoms with Crippen LogP contribution in [0.15, 0.2) is 53.0 Å². The van der Waals surface area contributed by atoms with Crippen LogP contribution in [-0.2, 0) is 0 Å². The van der Waals surface area contributed by atoms with Crippen LogP contribution in [0.3, 0.4) is 0 Å². The summed E-state index contributed by atoms with van der Waals surface area (Å²) in [7, 11) is -1.76. The Balaban J connectivity index is 2.08. The van der Waals surface area contributed by atoms with Crippen LogP contribution in [0.5, 0.6) is 5.75 Å². The van der Waals surface area contributed by atoms with Gasteiger partial charge in [-0.15, -0.1) is 0 Å². The molecule has 2 rings (SSSR count). The van der Waals surface area contributed by atoms with Crippen LogP contribution < -0.4 is 4.43 Å². The molecular formula is C20H25BrOSi. The quantitative estimate of drug-likeness (QED) is 0.404. The Hall–Kier alpha value is -1.32. The van der Waals surface area contributed by atoms with Crippen molar-refractivity contribution in [2.45, 2.75) is 38.9 Å². The predicted molar refractivity (Wildman–Crippen MR) is 107 cm³/mol. The fourth-order valence-corrected chi connectivity index (χ4v) is 3.35. The first kappa shape index (κ1) is 18.0. The van der Waals surface area contributed by atoms with Gasteiger partial charge in [-0.1, -0.05) is 73.1 Å². The molecular weight excluding hydrogens is 364 g/mol. The van der Waals surface area contributed by atoms with E-state index in [9.17, 15) is 0 Å². The van der Waals surface area contributed by atoms with Gasteiger partial charge < -0.3 is 4.43 Å². The molecule has 0 N–H and O–H groups in total. The van der Waals surface area contributed by atoms with Gasteiger partial charge in [-0.05, 0) is 53.5 Å². The summed E-state index contributed by atoms with van der Waals surface area (Å²) in [6, 6.07) is 16.6. The number of halogens is 1. The van der Waals surface area contributed by atoms with E-state index in [1.54, 1.807) is 0 Å². The molecule has 1 nitrogen and oxygen atoms in total. The number of rotatable bonds is 4. The fourth-order valence-electron chi connectivity index (χ4n) is 1.90. The summed E-state index contributed by atoms with van der Waals surface area (Å²) >= 11 is 3.50. The molecule has 0 atom stereocenters. The first-order chi connectivity index (χ1) is 10.7. The summed E-state index contributed by atoms with van der Waals surface area (Å²) in [5.41, 5.74) is 2.36. The largest absolute Gasteiger partial charge is 0.544 e. The second kappa shape index (κ2) is 7.06. The molecule has 0 aliphatic rings. The average Bonchev–Trinajstić information content (AvgIpc) is 2.45. The smallest absolute Gasteiger partial charge is 0.250 e. The molecule has 0 fully saturated rings. The minimum absolute atomic E-state index is 0.215. The van der Waals surface area contributed by atoms with Crippen molar-refractivity contribution in [2.24, 2.45) is 0 Å². The summed E-state index contributed by atoms with van der Waals surface area (Å²) in [6.07, 6.45) is 4.24. The number of benzene rings is 2. The molecule has 0 saturated heterocycles. The maximum atomic E-state index is 6.31. The first-order valence-corrected chi connectivity index (χ1v) is 11.6. The summed E-state index contributed by atoms with van der Waals surface area (Å²) in [5, 5.41) is 0.215. The molecule has 2 aromatic rings. The maximum absolute atomic E-state index is 6.31. The van der Waals surface area contributed by atoms with Gasteiger partial charge >= 0.3 is 0 Å². The van der Waals surface area contributed by atoms with Crippen LogP contribution in [0.2, 0.25) is 18.1 Å². The third-order valence-corrected chi connectivity index (χ3v) is 9.23. The zero-order chi connectivity index (χ0) is 17.1. The van der Waals surface area contributed by atoms with Gasteiger partial charge in [0.25, 0.3) is 0 Å². The Kier molecular flexibility index (Phi) is 5.53. The Morgan fingerprint density at radius 3 is 2.09 bits per heavy atom. The van der Waals surface area contributed by atoms with Crippen LogP contribution in [-0.4, -0.2) is 8.32 Å². The molecule has 3 heteroatoms. The second-order valence-corrected chi connectivity index (χ2v) is 13.0. The minimum Gasteiger partial charge on any atom is -0.544 e. The van der Waals surface area contributed by atoms with Crippen molar-refractivity contribution in [3.63, 3.8) is 0 Å². The third kappa shape index (κ3) is 5.08. The topological polar surface area (TPSA) is 9.23 Å². The van der Waals surface area contributed by atoms with Gasteiger partial charge in [-0.3, -0.25) is 0 Å². The molecule has 0 spiro atoms. The highest BCUT2D eigenvalue weighted by molar-refractivity contribution is 9.10. The summed E-state index contributed by atoms with van der Waals surface area (Å²) in [5.74, 6) is 0.969. The first-order valence-electron chi connectivity index (χ1n) is 7.90. The highest BCUT2D eigenvalue weighted by Gasteiger charge is 2.38. The van der Waals surface area contributed by atoms with Gasteiger partial charge in [-0.25, -0.2) is 0 Å². The molecule has 0 unspecified atom stereocenters. The van der Waals surface area contributed by atoms with E-state index in [2.05, 4.69) is 98.3 Å². The van der Waals surface area contributed by atoms with E-state index in [1.165, 1.54) is 11.1 Å². The van der Waals surface area contributed by atoms with Crippen molar-refractivity contribution >= 4 is 36.4 Å². The Bertz CT molecular complexity index is 682. The molecule has 0 radical (unpaired) electrons.